The molecule has 0 radical (unpaired) electrons. The van der Waals surface area contributed by atoms with Crippen LogP contribution in [0.15, 0.2) is 30.5 Å². The third-order valence-electron chi connectivity index (χ3n) is 3.09. The van der Waals surface area contributed by atoms with Crippen molar-refractivity contribution in [2.45, 2.75) is 13.0 Å². The fourth-order valence-corrected chi connectivity index (χ4v) is 2.27. The van der Waals surface area contributed by atoms with E-state index in [-0.39, 0.29) is 0 Å². The highest BCUT2D eigenvalue weighted by Gasteiger charge is 2.12. The fraction of sp³-hybridized carbons (Fsp3) is 0.231. The van der Waals surface area contributed by atoms with Crippen LogP contribution in [0.1, 0.15) is 6.42 Å². The van der Waals surface area contributed by atoms with Crippen LogP contribution in [0.25, 0.3) is 11.1 Å². The molecule has 4 nitrogen and oxygen atoms in total. The van der Waals surface area contributed by atoms with Crippen molar-refractivity contribution in [3.8, 4) is 11.1 Å². The molecule has 1 aromatic heterocycles. The maximum atomic E-state index is 8.27. The number of nitrogens with zero attached hydrogens (tertiary/aromatic N) is 2. The third kappa shape index (κ3) is 1.88. The Morgan fingerprint density at radius 1 is 1.28 bits per heavy atom. The van der Waals surface area contributed by atoms with Gasteiger partial charge in [0.05, 0.1) is 0 Å². The molecule has 0 amide bonds. The highest BCUT2D eigenvalue weighted by atomic mass is 35.5. The predicted molar refractivity (Wildman–Crippen MR) is 71.6 cm³/mol. The summed E-state index contributed by atoms with van der Waals surface area (Å²) in [6, 6.07) is 7.50. The maximum Gasteiger partial charge on any atom is 0.204 e. The molecule has 1 aliphatic heterocycles. The lowest BCUT2D eigenvalue weighted by Crippen LogP contribution is -2.30. The monoisotopic (exact) mass is 260 g/mol. The molecule has 0 bridgehead atoms. The summed E-state index contributed by atoms with van der Waals surface area (Å²) in [5, 5.41) is 12.2. The summed E-state index contributed by atoms with van der Waals surface area (Å²) in [4.78, 5) is 4.38. The van der Waals surface area contributed by atoms with Crippen molar-refractivity contribution in [1.29, 1.82) is 5.41 Å². The van der Waals surface area contributed by atoms with Crippen LogP contribution in [0.5, 0.6) is 0 Å². The average Bonchev–Trinajstić information content (AvgIpc) is 2.41. The van der Waals surface area contributed by atoms with Gasteiger partial charge in [-0.25, -0.2) is 4.98 Å². The minimum Gasteiger partial charge on any atom is -0.356 e. The first-order chi connectivity index (χ1) is 8.75. The molecule has 2 N–H and O–H groups in total. The van der Waals surface area contributed by atoms with Crippen molar-refractivity contribution < 1.29 is 0 Å². The summed E-state index contributed by atoms with van der Waals surface area (Å²) < 4.78 is 1.91. The molecule has 0 unspecified atom stereocenters. The molecular weight excluding hydrogens is 248 g/mol. The maximum absolute atomic E-state index is 8.27. The predicted octanol–water partition coefficient (Wildman–Crippen LogP) is 2.50. The zero-order chi connectivity index (χ0) is 12.5. The first kappa shape index (κ1) is 11.3. The molecule has 0 aliphatic carbocycles. The topological polar surface area (TPSA) is 53.7 Å². The van der Waals surface area contributed by atoms with Gasteiger partial charge in [-0.15, -0.1) is 0 Å². The van der Waals surface area contributed by atoms with Gasteiger partial charge in [-0.2, -0.15) is 0 Å². The van der Waals surface area contributed by atoms with E-state index in [1.165, 1.54) is 0 Å². The number of anilines is 1. The van der Waals surface area contributed by atoms with E-state index in [9.17, 15) is 0 Å². The lowest BCUT2D eigenvalue weighted by Gasteiger charge is -2.20. The Morgan fingerprint density at radius 2 is 2.06 bits per heavy atom. The summed E-state index contributed by atoms with van der Waals surface area (Å²) in [5.74, 6) is 0.781. The molecule has 3 rings (SSSR count). The van der Waals surface area contributed by atoms with E-state index < -0.39 is 0 Å². The Kier molecular flexibility index (Phi) is 2.80. The minimum atomic E-state index is 0.495. The van der Waals surface area contributed by atoms with Crippen LogP contribution < -0.4 is 10.8 Å². The van der Waals surface area contributed by atoms with Crippen molar-refractivity contribution in [2.75, 3.05) is 11.9 Å². The summed E-state index contributed by atoms with van der Waals surface area (Å²) >= 11 is 5.88. The van der Waals surface area contributed by atoms with Crippen LogP contribution in [-0.2, 0) is 6.54 Å². The molecule has 0 atom stereocenters. The zero-order valence-electron chi connectivity index (χ0n) is 9.78. The molecule has 2 heterocycles. The van der Waals surface area contributed by atoms with Crippen molar-refractivity contribution in [1.82, 2.24) is 9.55 Å². The molecule has 92 valence electrons. The van der Waals surface area contributed by atoms with E-state index in [0.29, 0.717) is 10.5 Å². The minimum absolute atomic E-state index is 0.495. The Morgan fingerprint density at radius 3 is 2.83 bits per heavy atom. The Bertz CT molecular complexity index is 630. The Labute approximate surface area is 110 Å². The van der Waals surface area contributed by atoms with Crippen LogP contribution in [0.2, 0.25) is 5.02 Å². The molecule has 0 saturated heterocycles. The number of aromatic nitrogens is 2. The first-order valence-electron chi connectivity index (χ1n) is 5.90. The highest BCUT2D eigenvalue weighted by molar-refractivity contribution is 6.30. The number of benzene rings is 1. The first-order valence-corrected chi connectivity index (χ1v) is 6.28. The Hall–Kier alpha value is -1.81. The Balaban J connectivity index is 2.13. The average molecular weight is 261 g/mol. The molecule has 18 heavy (non-hydrogen) atoms. The van der Waals surface area contributed by atoms with Crippen LogP contribution in [0, 0.1) is 5.41 Å². The van der Waals surface area contributed by atoms with Gasteiger partial charge < -0.3 is 5.32 Å². The molecule has 2 aromatic rings. The van der Waals surface area contributed by atoms with Crippen molar-refractivity contribution in [2.24, 2.45) is 0 Å². The highest BCUT2D eigenvalue weighted by Crippen LogP contribution is 2.19. The number of fused-ring (bicyclic) bond motifs is 1. The van der Waals surface area contributed by atoms with E-state index >= 15 is 0 Å². The SMILES string of the molecule is N=c1c(-c2ccc(Cl)cc2)cnc2n1CCCN2. The van der Waals surface area contributed by atoms with E-state index in [4.69, 9.17) is 17.0 Å². The van der Waals surface area contributed by atoms with Gasteiger partial charge in [-0.3, -0.25) is 9.98 Å². The molecule has 5 heteroatoms. The van der Waals surface area contributed by atoms with E-state index in [1.54, 1.807) is 6.20 Å². The van der Waals surface area contributed by atoms with E-state index in [0.717, 1.165) is 36.6 Å². The van der Waals surface area contributed by atoms with E-state index in [1.807, 2.05) is 28.8 Å². The second-order valence-electron chi connectivity index (χ2n) is 4.28. The molecule has 1 aliphatic rings. The van der Waals surface area contributed by atoms with Gasteiger partial charge in [0.1, 0.15) is 5.49 Å². The van der Waals surface area contributed by atoms with Crippen molar-refractivity contribution in [3.63, 3.8) is 0 Å². The zero-order valence-corrected chi connectivity index (χ0v) is 10.5. The lowest BCUT2D eigenvalue weighted by atomic mass is 10.1. The van der Waals surface area contributed by atoms with Gasteiger partial charge in [0.25, 0.3) is 0 Å². The second-order valence-corrected chi connectivity index (χ2v) is 4.72. The summed E-state index contributed by atoms with van der Waals surface area (Å²) in [7, 11) is 0. The van der Waals surface area contributed by atoms with Crippen LogP contribution in [0.4, 0.5) is 5.95 Å². The van der Waals surface area contributed by atoms with Gasteiger partial charge in [-0.1, -0.05) is 23.7 Å². The number of rotatable bonds is 1. The molecule has 0 saturated carbocycles. The molecule has 0 fully saturated rings. The smallest absolute Gasteiger partial charge is 0.204 e. The quantitative estimate of drug-likeness (QED) is 0.828. The second kappa shape index (κ2) is 4.46. The van der Waals surface area contributed by atoms with E-state index in [2.05, 4.69) is 10.3 Å². The normalized spacial score (nSPS) is 13.8. The largest absolute Gasteiger partial charge is 0.356 e. The lowest BCUT2D eigenvalue weighted by molar-refractivity contribution is 0.585. The number of hydrogen-bond donors (Lipinski definition) is 2. The van der Waals surface area contributed by atoms with Crippen LogP contribution >= 0.6 is 11.6 Å². The standard InChI is InChI=1S/C13H13ClN4/c14-10-4-2-9(3-5-10)11-8-17-13-16-6-1-7-18(13)12(11)15/h2-5,8,15H,1,6-7H2,(H,16,17). The van der Waals surface area contributed by atoms with Gasteiger partial charge in [0, 0.05) is 29.9 Å². The third-order valence-corrected chi connectivity index (χ3v) is 3.35. The summed E-state index contributed by atoms with van der Waals surface area (Å²) in [5.41, 5.74) is 2.30. The van der Waals surface area contributed by atoms with Crippen molar-refractivity contribution in [3.05, 3.63) is 41.0 Å². The van der Waals surface area contributed by atoms with Crippen LogP contribution in [-0.4, -0.2) is 16.1 Å². The van der Waals surface area contributed by atoms with Gasteiger partial charge in [0.2, 0.25) is 5.95 Å². The number of hydrogen-bond acceptors (Lipinski definition) is 3. The molecular formula is C13H13ClN4. The van der Waals surface area contributed by atoms with Crippen molar-refractivity contribution >= 4 is 17.5 Å². The van der Waals surface area contributed by atoms with Gasteiger partial charge in [-0.05, 0) is 24.1 Å². The molecule has 0 spiro atoms. The summed E-state index contributed by atoms with van der Waals surface area (Å²) in [6.07, 6.45) is 2.77. The summed E-state index contributed by atoms with van der Waals surface area (Å²) in [6.45, 7) is 1.77. The molecule has 1 aromatic carbocycles. The van der Waals surface area contributed by atoms with Crippen LogP contribution in [0.3, 0.4) is 0 Å². The van der Waals surface area contributed by atoms with Gasteiger partial charge >= 0.3 is 0 Å². The number of halogens is 1. The van der Waals surface area contributed by atoms with Gasteiger partial charge in [0.15, 0.2) is 0 Å². The number of nitrogens with one attached hydrogen (secondary N) is 2. The fourth-order valence-electron chi connectivity index (χ4n) is 2.14.